The van der Waals surface area contributed by atoms with Gasteiger partial charge >= 0.3 is 12.2 Å². The molecule has 0 bridgehead atoms. The topological polar surface area (TPSA) is 102 Å². The number of hydrogen-bond donors (Lipinski definition) is 1. The molecular formula is C27H44N2O6SSi. The van der Waals surface area contributed by atoms with Crippen LogP contribution in [0.4, 0.5) is 9.59 Å². The molecule has 0 aromatic heterocycles. The Morgan fingerprint density at radius 3 is 2.00 bits per heavy atom. The molecule has 0 aliphatic heterocycles. The van der Waals surface area contributed by atoms with Crippen LogP contribution < -0.4 is 5.32 Å². The molecule has 1 aromatic carbocycles. The Balaban J connectivity index is 3.16. The van der Waals surface area contributed by atoms with E-state index in [4.69, 9.17) is 9.47 Å². The van der Waals surface area contributed by atoms with Gasteiger partial charge in [0.1, 0.15) is 11.2 Å². The second-order valence-electron chi connectivity index (χ2n) is 12.0. The molecule has 0 saturated carbocycles. The van der Waals surface area contributed by atoms with Gasteiger partial charge in [-0.15, -0.1) is 0 Å². The molecule has 1 rings (SSSR count). The zero-order valence-electron chi connectivity index (χ0n) is 24.0. The smallest absolute Gasteiger partial charge is 0.424 e. The number of nitrogens with zero attached hydrogens (tertiary/aromatic N) is 1. The number of nitrogens with one attached hydrogen (secondary N) is 1. The van der Waals surface area contributed by atoms with Crippen molar-refractivity contribution in [1.82, 2.24) is 9.62 Å². The van der Waals surface area contributed by atoms with Crippen molar-refractivity contribution in [2.24, 2.45) is 0 Å². The molecule has 0 fully saturated rings. The summed E-state index contributed by atoms with van der Waals surface area (Å²) in [4.78, 5) is 24.9. The van der Waals surface area contributed by atoms with Crippen LogP contribution in [0.15, 0.2) is 52.7 Å². The lowest BCUT2D eigenvalue weighted by Gasteiger charge is -2.27. The Bertz CT molecular complexity index is 1090. The summed E-state index contributed by atoms with van der Waals surface area (Å²) in [6, 6.07) is 6.37. The van der Waals surface area contributed by atoms with Crippen LogP contribution in [0.3, 0.4) is 0 Å². The Hall–Kier alpha value is -2.59. The molecule has 8 nitrogen and oxygen atoms in total. The minimum absolute atomic E-state index is 0.0288. The molecule has 0 unspecified atom stereocenters. The number of rotatable bonds is 9. The fourth-order valence-corrected chi connectivity index (χ4v) is 5.98. The standard InChI is InChI=1S/C27H44N2O6SSi/c1-21-13-15-23(16-14-21)36(32,33)29(25(31)35-27(5,6)7)19-17-22(20-37(8,9)10)12-11-18-28-24(30)34-26(2,3)4/h11,13-16,18,20H,12,17,19H2,1-10H3,(H,28,30)/b18-11+,22-20+. The van der Waals surface area contributed by atoms with Crippen molar-refractivity contribution < 1.29 is 27.5 Å². The molecule has 1 aromatic rings. The Labute approximate surface area is 224 Å². The van der Waals surface area contributed by atoms with Crippen LogP contribution in [0.1, 0.15) is 59.9 Å². The van der Waals surface area contributed by atoms with Crippen LogP contribution in [-0.4, -0.2) is 50.7 Å². The van der Waals surface area contributed by atoms with E-state index >= 15 is 0 Å². The average Bonchev–Trinajstić information content (AvgIpc) is 2.67. The van der Waals surface area contributed by atoms with Gasteiger partial charge in [-0.2, -0.15) is 0 Å². The van der Waals surface area contributed by atoms with Gasteiger partial charge in [-0.05, 0) is 73.4 Å². The number of carbonyl (C=O) groups is 2. The van der Waals surface area contributed by atoms with Crippen molar-refractivity contribution in [3.8, 4) is 0 Å². The van der Waals surface area contributed by atoms with Gasteiger partial charge < -0.3 is 9.47 Å². The van der Waals surface area contributed by atoms with E-state index in [9.17, 15) is 18.0 Å². The van der Waals surface area contributed by atoms with Crippen molar-refractivity contribution >= 4 is 30.3 Å². The van der Waals surface area contributed by atoms with Crippen LogP contribution in [0.5, 0.6) is 0 Å². The zero-order chi connectivity index (χ0) is 28.7. The molecule has 37 heavy (non-hydrogen) atoms. The molecule has 0 heterocycles. The van der Waals surface area contributed by atoms with E-state index in [1.54, 1.807) is 59.8 Å². The molecule has 0 aliphatic rings. The summed E-state index contributed by atoms with van der Waals surface area (Å²) in [6.45, 7) is 18.7. The van der Waals surface area contributed by atoms with Crippen molar-refractivity contribution in [1.29, 1.82) is 0 Å². The number of allylic oxidation sites excluding steroid dienone is 1. The molecule has 0 radical (unpaired) electrons. The number of sulfonamides is 1. The maximum Gasteiger partial charge on any atom is 0.424 e. The van der Waals surface area contributed by atoms with E-state index in [-0.39, 0.29) is 11.4 Å². The van der Waals surface area contributed by atoms with Gasteiger partial charge in [0.2, 0.25) is 0 Å². The maximum absolute atomic E-state index is 13.5. The van der Waals surface area contributed by atoms with Crippen molar-refractivity contribution in [3.05, 3.63) is 53.4 Å². The summed E-state index contributed by atoms with van der Waals surface area (Å²) in [6.07, 6.45) is 2.63. The van der Waals surface area contributed by atoms with Crippen LogP contribution in [-0.2, 0) is 19.5 Å². The fraction of sp³-hybridized carbons (Fsp3) is 0.556. The van der Waals surface area contributed by atoms with E-state index in [2.05, 4.69) is 30.7 Å². The highest BCUT2D eigenvalue weighted by Crippen LogP contribution is 2.23. The van der Waals surface area contributed by atoms with E-state index < -0.39 is 41.5 Å². The monoisotopic (exact) mass is 552 g/mol. The summed E-state index contributed by atoms with van der Waals surface area (Å²) in [5, 5.41) is 2.58. The lowest BCUT2D eigenvalue weighted by Crippen LogP contribution is -2.41. The van der Waals surface area contributed by atoms with E-state index in [0.29, 0.717) is 12.8 Å². The number of benzene rings is 1. The number of carbonyl (C=O) groups excluding carboxylic acids is 2. The lowest BCUT2D eigenvalue weighted by molar-refractivity contribution is 0.0391. The van der Waals surface area contributed by atoms with E-state index in [1.807, 2.05) is 6.92 Å². The number of alkyl carbamates (subject to hydrolysis) is 1. The molecule has 10 heteroatoms. The summed E-state index contributed by atoms with van der Waals surface area (Å²) >= 11 is 0. The van der Waals surface area contributed by atoms with Gasteiger partial charge in [-0.25, -0.2) is 22.3 Å². The van der Waals surface area contributed by atoms with Crippen molar-refractivity contribution in [2.75, 3.05) is 6.54 Å². The average molecular weight is 553 g/mol. The van der Waals surface area contributed by atoms with Gasteiger partial charge in [-0.1, -0.05) is 54.7 Å². The van der Waals surface area contributed by atoms with Gasteiger partial charge in [0.05, 0.1) is 13.0 Å². The first-order chi connectivity index (χ1) is 16.7. The van der Waals surface area contributed by atoms with Gasteiger partial charge in [0, 0.05) is 12.7 Å². The first kappa shape index (κ1) is 32.4. The summed E-state index contributed by atoms with van der Waals surface area (Å²) in [7, 11) is -5.81. The molecule has 2 amide bonds. The second-order valence-corrected chi connectivity index (χ2v) is 18.9. The summed E-state index contributed by atoms with van der Waals surface area (Å²) < 4.78 is 38.4. The third-order valence-corrected chi connectivity index (χ3v) is 7.63. The quantitative estimate of drug-likeness (QED) is 0.349. The highest BCUT2D eigenvalue weighted by atomic mass is 32.2. The van der Waals surface area contributed by atoms with Crippen molar-refractivity contribution in [3.63, 3.8) is 0 Å². The number of amides is 2. The largest absolute Gasteiger partial charge is 0.444 e. The Morgan fingerprint density at radius 2 is 1.51 bits per heavy atom. The lowest BCUT2D eigenvalue weighted by atomic mass is 10.1. The number of ether oxygens (including phenoxy) is 2. The Morgan fingerprint density at radius 1 is 0.973 bits per heavy atom. The van der Waals surface area contributed by atoms with E-state index in [0.717, 1.165) is 15.4 Å². The molecule has 208 valence electrons. The summed E-state index contributed by atoms with van der Waals surface area (Å²) in [5.74, 6) is 0. The fourth-order valence-electron chi connectivity index (χ4n) is 3.20. The number of hydrogen-bond acceptors (Lipinski definition) is 6. The SMILES string of the molecule is Cc1ccc(S(=O)(=O)N(CC/C(=C/[Si](C)(C)C)C/C=C/NC(=O)OC(C)(C)C)C(=O)OC(C)(C)C)cc1. The maximum atomic E-state index is 13.5. The molecule has 0 saturated heterocycles. The molecule has 1 N–H and O–H groups in total. The van der Waals surface area contributed by atoms with Gasteiger partial charge in [0.15, 0.2) is 0 Å². The third kappa shape index (κ3) is 13.0. The highest BCUT2D eigenvalue weighted by Gasteiger charge is 2.33. The first-order valence-electron chi connectivity index (χ1n) is 12.4. The molecule has 0 aliphatic carbocycles. The second kappa shape index (κ2) is 12.8. The Kier molecular flexibility index (Phi) is 11.2. The highest BCUT2D eigenvalue weighted by molar-refractivity contribution is 7.89. The van der Waals surface area contributed by atoms with Crippen molar-refractivity contribution in [2.45, 2.75) is 97.0 Å². The van der Waals surface area contributed by atoms with Gasteiger partial charge in [0.25, 0.3) is 10.0 Å². The van der Waals surface area contributed by atoms with Crippen LogP contribution in [0.25, 0.3) is 0 Å². The zero-order valence-corrected chi connectivity index (χ0v) is 25.8. The molecule has 0 spiro atoms. The normalized spacial score (nSPS) is 13.4. The summed E-state index contributed by atoms with van der Waals surface area (Å²) in [5.41, 5.74) is 2.60. The minimum atomic E-state index is -4.13. The predicted molar refractivity (Wildman–Crippen MR) is 150 cm³/mol. The number of aryl methyl sites for hydroxylation is 1. The predicted octanol–water partition coefficient (Wildman–Crippen LogP) is 6.54. The minimum Gasteiger partial charge on any atom is -0.444 e. The molecule has 0 atom stereocenters. The third-order valence-electron chi connectivity index (χ3n) is 4.58. The van der Waals surface area contributed by atoms with E-state index in [1.165, 1.54) is 18.3 Å². The van der Waals surface area contributed by atoms with Crippen LogP contribution in [0, 0.1) is 6.92 Å². The van der Waals surface area contributed by atoms with Gasteiger partial charge in [-0.3, -0.25) is 5.32 Å². The van der Waals surface area contributed by atoms with Crippen LogP contribution in [0.2, 0.25) is 19.6 Å². The van der Waals surface area contributed by atoms with Crippen LogP contribution >= 0.6 is 0 Å². The molecular weight excluding hydrogens is 508 g/mol. The first-order valence-corrected chi connectivity index (χ1v) is 17.4.